The zero-order valence-corrected chi connectivity index (χ0v) is 22.3. The van der Waals surface area contributed by atoms with Crippen molar-refractivity contribution in [1.82, 2.24) is 15.3 Å². The molecule has 6 nitrogen and oxygen atoms in total. The third-order valence-corrected chi connectivity index (χ3v) is 6.63. The van der Waals surface area contributed by atoms with Crippen molar-refractivity contribution in [2.45, 2.75) is 19.9 Å². The van der Waals surface area contributed by atoms with Crippen molar-refractivity contribution >= 4 is 24.1 Å². The first-order valence-electron chi connectivity index (χ1n) is 12.5. The third kappa shape index (κ3) is 6.52. The topological polar surface area (TPSA) is 67.3 Å². The van der Waals surface area contributed by atoms with E-state index in [0.717, 1.165) is 45.1 Å². The Balaban J connectivity index is 0.00000353. The third-order valence-electron chi connectivity index (χ3n) is 6.63. The van der Waals surface area contributed by atoms with Gasteiger partial charge in [-0.3, -0.25) is 4.79 Å². The summed E-state index contributed by atoms with van der Waals surface area (Å²) in [7, 11) is 0. The van der Waals surface area contributed by atoms with Crippen LogP contribution in [0.4, 0.5) is 14.6 Å². The molecule has 0 aliphatic carbocycles. The minimum absolute atomic E-state index is 0. The molecule has 1 aromatic heterocycles. The van der Waals surface area contributed by atoms with Crippen LogP contribution in [-0.2, 0) is 13.0 Å². The zero-order chi connectivity index (χ0) is 26.5. The molecule has 2 heterocycles. The lowest BCUT2D eigenvalue weighted by Crippen LogP contribution is -2.28. The lowest BCUT2D eigenvalue weighted by atomic mass is 10.0. The molecule has 0 fully saturated rings. The van der Waals surface area contributed by atoms with E-state index in [9.17, 15) is 13.6 Å². The van der Waals surface area contributed by atoms with Gasteiger partial charge < -0.3 is 15.0 Å². The number of ether oxygens (including phenoxy) is 1. The number of aromatic nitrogens is 2. The number of alkyl halides is 1. The van der Waals surface area contributed by atoms with Gasteiger partial charge >= 0.3 is 0 Å². The van der Waals surface area contributed by atoms with E-state index in [4.69, 9.17) is 4.74 Å². The van der Waals surface area contributed by atoms with Crippen molar-refractivity contribution in [3.63, 3.8) is 0 Å². The molecule has 1 N–H and O–H groups in total. The first kappa shape index (κ1) is 28.0. The van der Waals surface area contributed by atoms with E-state index in [0.29, 0.717) is 31.7 Å². The molecule has 0 bridgehead atoms. The summed E-state index contributed by atoms with van der Waals surface area (Å²) in [5.41, 5.74) is 6.33. The predicted octanol–water partition coefficient (Wildman–Crippen LogP) is 5.70. The summed E-state index contributed by atoms with van der Waals surface area (Å²) in [6, 6.07) is 19.8. The fraction of sp³-hybridized carbons (Fsp3) is 0.233. The summed E-state index contributed by atoms with van der Waals surface area (Å²) in [4.78, 5) is 23.4. The Bertz CT molecular complexity index is 1430. The number of nitrogens with one attached hydrogen (secondary N) is 1. The minimum atomic E-state index is -0.597. The summed E-state index contributed by atoms with van der Waals surface area (Å²) in [6.07, 6.45) is 2.17. The molecule has 0 radical (unpaired) electrons. The monoisotopic (exact) mass is 550 g/mol. The molecule has 3 aromatic carbocycles. The summed E-state index contributed by atoms with van der Waals surface area (Å²) >= 11 is 0. The SMILES string of the molecule is Cc1ncnc(N2CCOc3ccc(-c4ccc(C(=O)NCCF)cc4)cc3C2)c1Cc1ccc(F)cc1.Cl. The average molecular weight is 551 g/mol. The maximum atomic E-state index is 13.4. The second-order valence-electron chi connectivity index (χ2n) is 9.18. The van der Waals surface area contributed by atoms with Crippen molar-refractivity contribution in [1.29, 1.82) is 0 Å². The van der Waals surface area contributed by atoms with Crippen LogP contribution in [0.2, 0.25) is 0 Å². The van der Waals surface area contributed by atoms with Crippen LogP contribution >= 0.6 is 12.4 Å². The smallest absolute Gasteiger partial charge is 0.251 e. The number of halogens is 3. The number of carbonyl (C=O) groups excluding carboxylic acids is 1. The first-order chi connectivity index (χ1) is 18.5. The van der Waals surface area contributed by atoms with E-state index in [-0.39, 0.29) is 30.7 Å². The highest BCUT2D eigenvalue weighted by atomic mass is 35.5. The van der Waals surface area contributed by atoms with Crippen LogP contribution in [0.15, 0.2) is 73.1 Å². The van der Waals surface area contributed by atoms with Gasteiger partial charge in [0.15, 0.2) is 0 Å². The first-order valence-corrected chi connectivity index (χ1v) is 12.5. The number of anilines is 1. The second-order valence-corrected chi connectivity index (χ2v) is 9.18. The molecule has 202 valence electrons. The molecule has 0 unspecified atom stereocenters. The van der Waals surface area contributed by atoms with Crippen molar-refractivity contribution in [2.75, 3.05) is 31.3 Å². The van der Waals surface area contributed by atoms with E-state index in [1.54, 1.807) is 30.6 Å². The molecule has 1 aliphatic rings. The van der Waals surface area contributed by atoms with Crippen molar-refractivity contribution in [3.8, 4) is 16.9 Å². The number of carbonyl (C=O) groups is 1. The second kappa shape index (κ2) is 12.7. The van der Waals surface area contributed by atoms with Gasteiger partial charge in [0.2, 0.25) is 0 Å². The number of rotatable bonds is 7. The number of aryl methyl sites for hydroxylation is 1. The molecule has 1 amide bonds. The number of benzene rings is 3. The van der Waals surface area contributed by atoms with Gasteiger partial charge in [0, 0.05) is 41.9 Å². The molecule has 1 aliphatic heterocycles. The van der Waals surface area contributed by atoms with Crippen LogP contribution in [0.3, 0.4) is 0 Å². The zero-order valence-electron chi connectivity index (χ0n) is 21.5. The summed E-state index contributed by atoms with van der Waals surface area (Å²) in [5.74, 6) is 1.11. The standard InChI is InChI=1S/C30H28F2N4O2.ClH/c1-20-27(16-21-2-9-26(32)10-3-21)29(35-19-34-20)36-14-15-38-28-11-8-24(17-25(28)18-36)22-4-6-23(7-5-22)30(37)33-13-12-31;/h2-11,17,19H,12-16,18H2,1H3,(H,33,37);1H. The summed E-state index contributed by atoms with van der Waals surface area (Å²) < 4.78 is 31.9. The van der Waals surface area contributed by atoms with Crippen LogP contribution in [0.25, 0.3) is 11.1 Å². The highest BCUT2D eigenvalue weighted by Crippen LogP contribution is 2.32. The van der Waals surface area contributed by atoms with Gasteiger partial charge in [-0.05, 0) is 60.0 Å². The van der Waals surface area contributed by atoms with E-state index in [1.165, 1.54) is 12.1 Å². The highest BCUT2D eigenvalue weighted by molar-refractivity contribution is 5.94. The molecular formula is C30H29ClF2N4O2. The molecule has 0 atom stereocenters. The van der Waals surface area contributed by atoms with Crippen LogP contribution < -0.4 is 15.0 Å². The van der Waals surface area contributed by atoms with Crippen LogP contribution in [0.5, 0.6) is 5.75 Å². The molecule has 0 saturated carbocycles. The Kier molecular flexibility index (Phi) is 9.09. The Morgan fingerprint density at radius 1 is 1.03 bits per heavy atom. The molecule has 9 heteroatoms. The Morgan fingerprint density at radius 2 is 1.77 bits per heavy atom. The lowest BCUT2D eigenvalue weighted by molar-refractivity contribution is 0.0951. The number of hydrogen-bond donors (Lipinski definition) is 1. The fourth-order valence-electron chi connectivity index (χ4n) is 4.61. The van der Waals surface area contributed by atoms with Crippen LogP contribution in [0.1, 0.15) is 32.7 Å². The highest BCUT2D eigenvalue weighted by Gasteiger charge is 2.21. The van der Waals surface area contributed by atoms with Crippen molar-refractivity contribution in [2.24, 2.45) is 0 Å². The lowest BCUT2D eigenvalue weighted by Gasteiger charge is -2.24. The van der Waals surface area contributed by atoms with E-state index in [2.05, 4.69) is 26.3 Å². The molecule has 0 spiro atoms. The van der Waals surface area contributed by atoms with E-state index in [1.807, 2.05) is 31.2 Å². The molecule has 5 rings (SSSR count). The molecule has 4 aromatic rings. The van der Waals surface area contributed by atoms with E-state index < -0.39 is 6.67 Å². The van der Waals surface area contributed by atoms with Crippen molar-refractivity contribution < 1.29 is 18.3 Å². The fourth-order valence-corrected chi connectivity index (χ4v) is 4.61. The van der Waals surface area contributed by atoms with Gasteiger partial charge in [-0.25, -0.2) is 18.7 Å². The number of nitrogens with zero attached hydrogens (tertiary/aromatic N) is 3. The molecular weight excluding hydrogens is 522 g/mol. The summed E-state index contributed by atoms with van der Waals surface area (Å²) in [5, 5.41) is 2.54. The number of hydrogen-bond acceptors (Lipinski definition) is 5. The normalized spacial score (nSPS) is 12.5. The maximum absolute atomic E-state index is 13.4. The van der Waals surface area contributed by atoms with Gasteiger partial charge in [-0.1, -0.05) is 30.3 Å². The molecule has 0 saturated heterocycles. The van der Waals surface area contributed by atoms with Gasteiger partial charge in [0.05, 0.1) is 6.54 Å². The predicted molar refractivity (Wildman–Crippen MR) is 150 cm³/mol. The number of amides is 1. The number of fused-ring (bicyclic) bond motifs is 1. The average Bonchev–Trinajstić information content (AvgIpc) is 3.16. The van der Waals surface area contributed by atoms with Crippen LogP contribution in [0, 0.1) is 12.7 Å². The van der Waals surface area contributed by atoms with E-state index >= 15 is 0 Å². The largest absolute Gasteiger partial charge is 0.491 e. The quantitative estimate of drug-likeness (QED) is 0.320. The van der Waals surface area contributed by atoms with Crippen LogP contribution in [-0.4, -0.2) is 42.2 Å². The minimum Gasteiger partial charge on any atom is -0.491 e. The van der Waals surface area contributed by atoms with Crippen molar-refractivity contribution in [3.05, 3.63) is 107 Å². The Morgan fingerprint density at radius 3 is 2.51 bits per heavy atom. The van der Waals surface area contributed by atoms with Gasteiger partial charge in [-0.2, -0.15) is 0 Å². The maximum Gasteiger partial charge on any atom is 0.251 e. The molecule has 39 heavy (non-hydrogen) atoms. The Labute approximate surface area is 232 Å². The summed E-state index contributed by atoms with van der Waals surface area (Å²) in [6.45, 7) is 3.12. The van der Waals surface area contributed by atoms with Gasteiger partial charge in [-0.15, -0.1) is 12.4 Å². The Hall–Kier alpha value is -4.04. The van der Waals surface area contributed by atoms with Gasteiger partial charge in [0.1, 0.15) is 37.0 Å². The van der Waals surface area contributed by atoms with Gasteiger partial charge in [0.25, 0.3) is 5.91 Å².